The zero-order valence-electron chi connectivity index (χ0n) is 15.1. The number of anilines is 1. The van der Waals surface area contributed by atoms with Crippen molar-refractivity contribution >= 4 is 27.8 Å². The first-order valence-electron chi connectivity index (χ1n) is 9.05. The molecule has 0 spiro atoms. The lowest BCUT2D eigenvalue weighted by molar-refractivity contribution is -0.145. The van der Waals surface area contributed by atoms with Crippen molar-refractivity contribution in [3.8, 4) is 0 Å². The minimum atomic E-state index is -2.73. The van der Waals surface area contributed by atoms with Crippen LogP contribution in [0.15, 0.2) is 18.6 Å². The molecular weight excluding hydrogens is 376 g/mol. The van der Waals surface area contributed by atoms with Crippen molar-refractivity contribution in [1.29, 1.82) is 0 Å². The van der Waals surface area contributed by atoms with E-state index in [0.717, 1.165) is 29.7 Å². The molecule has 1 unspecified atom stereocenters. The molecule has 2 fully saturated rings. The summed E-state index contributed by atoms with van der Waals surface area (Å²) in [7, 11) is 0.998. The highest BCUT2D eigenvalue weighted by Gasteiger charge is 2.37. The van der Waals surface area contributed by atoms with E-state index in [1.807, 2.05) is 23.6 Å². The van der Waals surface area contributed by atoms with Crippen LogP contribution in [0.5, 0.6) is 0 Å². The third-order valence-corrected chi connectivity index (χ3v) is 7.10. The van der Waals surface area contributed by atoms with Gasteiger partial charge in [-0.1, -0.05) is 0 Å². The van der Waals surface area contributed by atoms with Gasteiger partial charge in [-0.15, -0.1) is 0 Å². The Hall–Kier alpha value is -1.65. The lowest BCUT2D eigenvalue weighted by Gasteiger charge is -2.43. The van der Waals surface area contributed by atoms with Crippen LogP contribution in [0.3, 0.4) is 0 Å². The average Bonchev–Trinajstić information content (AvgIpc) is 3.04. The van der Waals surface area contributed by atoms with Crippen molar-refractivity contribution in [3.63, 3.8) is 0 Å². The van der Waals surface area contributed by atoms with Crippen molar-refractivity contribution < 1.29 is 17.7 Å². The van der Waals surface area contributed by atoms with Crippen LogP contribution in [-0.2, 0) is 15.7 Å². The van der Waals surface area contributed by atoms with Gasteiger partial charge in [-0.3, -0.25) is 0 Å². The monoisotopic (exact) mass is 399 g/mol. The summed E-state index contributed by atoms with van der Waals surface area (Å²) in [6.07, 6.45) is 5.37. The van der Waals surface area contributed by atoms with Gasteiger partial charge in [-0.25, -0.2) is 18.5 Å². The minimum Gasteiger partial charge on any atom is -0.356 e. The Bertz CT molecular complexity index is 807. The first-order chi connectivity index (χ1) is 13.0. The van der Waals surface area contributed by atoms with E-state index < -0.39 is 17.6 Å². The molecule has 1 atom stereocenters. The molecule has 1 N–H and O–H groups in total. The van der Waals surface area contributed by atoms with Gasteiger partial charge in [0.2, 0.25) is 0 Å². The number of H-pyrrole nitrogens is 1. The molecule has 27 heavy (non-hydrogen) atoms. The van der Waals surface area contributed by atoms with Crippen LogP contribution in [0, 0.1) is 11.8 Å². The molecule has 1 aliphatic carbocycles. The molecule has 0 bridgehead atoms. The van der Waals surface area contributed by atoms with E-state index in [4.69, 9.17) is 0 Å². The maximum absolute atomic E-state index is 12.4. The molecular formula is C17H23F2N5O2S. The molecule has 2 aliphatic rings. The van der Waals surface area contributed by atoms with Crippen LogP contribution in [0.2, 0.25) is 0 Å². The van der Waals surface area contributed by atoms with Crippen LogP contribution in [-0.4, -0.2) is 68.6 Å². The summed E-state index contributed by atoms with van der Waals surface area (Å²) in [4.78, 5) is 13.9. The topological polar surface area (TPSA) is 74.4 Å². The lowest BCUT2D eigenvalue weighted by Crippen LogP contribution is -2.52. The van der Waals surface area contributed by atoms with E-state index >= 15 is 0 Å². The number of fused-ring (bicyclic) bond motifs is 1. The Balaban J connectivity index is 1.22. The molecule has 0 aromatic carbocycles. The van der Waals surface area contributed by atoms with Crippen LogP contribution >= 0.6 is 0 Å². The van der Waals surface area contributed by atoms with Gasteiger partial charge in [0.05, 0.1) is 23.0 Å². The van der Waals surface area contributed by atoms with E-state index in [2.05, 4.69) is 24.6 Å². The minimum absolute atomic E-state index is 0.0359. The van der Waals surface area contributed by atoms with E-state index in [1.165, 1.54) is 0 Å². The number of nitrogens with zero attached hydrogens (tertiary/aromatic N) is 4. The number of rotatable bonds is 8. The average molecular weight is 399 g/mol. The molecule has 10 heteroatoms. The Morgan fingerprint density at radius 2 is 2.15 bits per heavy atom. The van der Waals surface area contributed by atoms with Crippen LogP contribution < -0.4 is 4.90 Å². The van der Waals surface area contributed by atoms with E-state index in [-0.39, 0.29) is 12.5 Å². The number of aromatic nitrogens is 3. The maximum atomic E-state index is 12.4. The first-order valence-corrected chi connectivity index (χ1v) is 10.3. The standard InChI is InChI=1S/C17H23F2N5O2S/c1-23(16-14-2-3-20-15(14)21-10-22-16)13-4-11(5-13)9-27(25)24-6-12(7-24)8-26-17(18)19/h2-3,10-13,17H,4-9H2,1H3,(H,20,21,22). The molecule has 1 saturated carbocycles. The molecule has 4 rings (SSSR count). The third kappa shape index (κ3) is 3.97. The van der Waals surface area contributed by atoms with Gasteiger partial charge < -0.3 is 14.6 Å². The lowest BCUT2D eigenvalue weighted by atomic mass is 9.81. The van der Waals surface area contributed by atoms with Gasteiger partial charge in [-0.2, -0.15) is 8.78 Å². The van der Waals surface area contributed by atoms with Crippen molar-refractivity contribution in [1.82, 2.24) is 19.3 Å². The highest BCUT2D eigenvalue weighted by atomic mass is 32.2. The fourth-order valence-electron chi connectivity index (χ4n) is 3.78. The molecule has 0 amide bonds. The molecule has 0 radical (unpaired) electrons. The summed E-state index contributed by atoms with van der Waals surface area (Å²) >= 11 is 0. The Morgan fingerprint density at radius 3 is 2.89 bits per heavy atom. The molecule has 2 aromatic heterocycles. The van der Waals surface area contributed by atoms with Gasteiger partial charge in [0.25, 0.3) is 0 Å². The second-order valence-corrected chi connectivity index (χ2v) is 8.83. The van der Waals surface area contributed by atoms with E-state index in [9.17, 15) is 13.0 Å². The summed E-state index contributed by atoms with van der Waals surface area (Å²) in [5.41, 5.74) is 0.826. The highest BCUT2D eigenvalue weighted by molar-refractivity contribution is 7.82. The molecule has 7 nitrogen and oxygen atoms in total. The van der Waals surface area contributed by atoms with Crippen molar-refractivity contribution in [3.05, 3.63) is 18.6 Å². The quantitative estimate of drug-likeness (QED) is 0.735. The summed E-state index contributed by atoms with van der Waals surface area (Å²) < 4.78 is 42.6. The molecule has 148 valence electrons. The highest BCUT2D eigenvalue weighted by Crippen LogP contribution is 2.36. The number of halogens is 2. The zero-order chi connectivity index (χ0) is 19.0. The summed E-state index contributed by atoms with van der Waals surface area (Å²) in [5, 5.41) is 1.00. The van der Waals surface area contributed by atoms with Crippen molar-refractivity contribution in [2.75, 3.05) is 37.4 Å². The number of hydrogen-bond donors (Lipinski definition) is 1. The first kappa shape index (κ1) is 18.7. The zero-order valence-corrected chi connectivity index (χ0v) is 15.9. The number of aromatic amines is 1. The molecule has 2 aromatic rings. The van der Waals surface area contributed by atoms with Crippen LogP contribution in [0.4, 0.5) is 14.6 Å². The Morgan fingerprint density at radius 1 is 1.37 bits per heavy atom. The second kappa shape index (κ2) is 7.76. The SMILES string of the molecule is CN(c1ncnc2[nH]ccc12)C1CC(CS(=O)N2CC(COC(F)F)C2)C1. The Kier molecular flexibility index (Phi) is 5.38. The largest absolute Gasteiger partial charge is 0.356 e. The number of hydrogen-bond acceptors (Lipinski definition) is 5. The predicted octanol–water partition coefficient (Wildman–Crippen LogP) is 2.01. The Labute approximate surface area is 158 Å². The van der Waals surface area contributed by atoms with Gasteiger partial charge >= 0.3 is 6.61 Å². The summed E-state index contributed by atoms with van der Waals surface area (Å²) in [6.45, 7) is -1.55. The van der Waals surface area contributed by atoms with Crippen LogP contribution in [0.25, 0.3) is 11.0 Å². The summed E-state index contributed by atoms with van der Waals surface area (Å²) in [5.74, 6) is 2.02. The molecule has 1 saturated heterocycles. The van der Waals surface area contributed by atoms with Crippen molar-refractivity contribution in [2.24, 2.45) is 11.8 Å². The maximum Gasteiger partial charge on any atom is 0.345 e. The normalized spacial score (nSPS) is 24.7. The smallest absolute Gasteiger partial charge is 0.345 e. The second-order valence-electron chi connectivity index (χ2n) is 7.33. The summed E-state index contributed by atoms with van der Waals surface area (Å²) in [6, 6.07) is 2.35. The fourth-order valence-corrected chi connectivity index (χ4v) is 5.42. The van der Waals surface area contributed by atoms with Gasteiger partial charge in [0.15, 0.2) is 0 Å². The third-order valence-electron chi connectivity index (χ3n) is 5.47. The van der Waals surface area contributed by atoms with Gasteiger partial charge in [0, 0.05) is 44.0 Å². The van der Waals surface area contributed by atoms with E-state index in [1.54, 1.807) is 6.33 Å². The molecule has 1 aliphatic heterocycles. The molecule has 3 heterocycles. The number of alkyl halides is 2. The van der Waals surface area contributed by atoms with Crippen molar-refractivity contribution in [2.45, 2.75) is 25.5 Å². The number of nitrogens with one attached hydrogen (secondary N) is 1. The van der Waals surface area contributed by atoms with E-state index in [0.29, 0.717) is 30.8 Å². The number of ether oxygens (including phenoxy) is 1. The fraction of sp³-hybridized carbons (Fsp3) is 0.647. The van der Waals surface area contributed by atoms with Gasteiger partial charge in [0.1, 0.15) is 17.8 Å². The van der Waals surface area contributed by atoms with Gasteiger partial charge in [-0.05, 0) is 24.8 Å². The van der Waals surface area contributed by atoms with Crippen LogP contribution in [0.1, 0.15) is 12.8 Å². The predicted molar refractivity (Wildman–Crippen MR) is 98.8 cm³/mol.